The number of fused-ring (bicyclic) bond motifs is 4. The Morgan fingerprint density at radius 3 is 2.51 bits per heavy atom. The van der Waals surface area contributed by atoms with Crippen molar-refractivity contribution in [2.45, 2.75) is 76.4 Å². The van der Waals surface area contributed by atoms with Crippen LogP contribution in [0.5, 0.6) is 0 Å². The summed E-state index contributed by atoms with van der Waals surface area (Å²) < 4.78 is 14.3. The first-order valence-electron chi connectivity index (χ1n) is 13.9. The van der Waals surface area contributed by atoms with Crippen LogP contribution in [0.1, 0.15) is 90.2 Å². The number of rotatable bonds is 6. The molecule has 4 aromatic heterocycles. The van der Waals surface area contributed by atoms with Crippen molar-refractivity contribution in [1.82, 2.24) is 19.5 Å². The largest absolute Gasteiger partial charge is 0.478 e. The van der Waals surface area contributed by atoms with Gasteiger partial charge in [0.25, 0.3) is 0 Å². The Kier molecular flexibility index (Phi) is 6.38. The van der Waals surface area contributed by atoms with Crippen molar-refractivity contribution in [2.24, 2.45) is 5.41 Å². The number of carboxylic acid groups (broad SMARTS) is 1. The maximum atomic E-state index is 11.7. The van der Waals surface area contributed by atoms with Gasteiger partial charge in [-0.15, -0.1) is 0 Å². The molecule has 0 saturated heterocycles. The van der Waals surface area contributed by atoms with Crippen LogP contribution in [0.4, 0.5) is 0 Å². The molecule has 41 heavy (non-hydrogen) atoms. The molecule has 1 N–H and O–H groups in total. The lowest BCUT2D eigenvalue weighted by molar-refractivity contribution is -0.131. The highest BCUT2D eigenvalue weighted by atomic mass is 35.5. The predicted molar refractivity (Wildman–Crippen MR) is 153 cm³/mol. The van der Waals surface area contributed by atoms with Crippen LogP contribution in [0.3, 0.4) is 0 Å². The first kappa shape index (κ1) is 26.5. The summed E-state index contributed by atoms with van der Waals surface area (Å²) in [4.78, 5) is 20.1. The molecule has 8 rings (SSSR count). The molecule has 8 nitrogen and oxygen atoms in total. The molecule has 0 aromatic carbocycles. The zero-order valence-electron chi connectivity index (χ0n) is 22.5. The normalized spacial score (nSPS) is 23.5. The highest BCUT2D eigenvalue weighted by Crippen LogP contribution is 2.54. The lowest BCUT2D eigenvalue weighted by Gasteiger charge is -2.51. The Labute approximate surface area is 247 Å². The standard InChI is InChI=1S/C31H28Cl2N4O4/c1-18-12-21(29(38)39)28-35-13-20(37(28)16-18)4-5-30-6-9-31(10-7-30,11-8-30)40-17-22-26(36-41-27(22)19-2-3-19)25-23(32)14-34-15-24(25)33/h12-16,19H,2-3,6-11,17H2,1H3,(H,38,39). The molecule has 0 spiro atoms. The fourth-order valence-electron chi connectivity index (χ4n) is 6.41. The Balaban J connectivity index is 1.10. The van der Waals surface area contributed by atoms with Crippen LogP contribution in [-0.2, 0) is 11.3 Å². The summed E-state index contributed by atoms with van der Waals surface area (Å²) in [7, 11) is 0. The highest BCUT2D eigenvalue weighted by molar-refractivity contribution is 6.38. The van der Waals surface area contributed by atoms with Crippen molar-refractivity contribution in [3.05, 3.63) is 69.0 Å². The molecular formula is C31H28Cl2N4O4. The molecule has 4 fully saturated rings. The summed E-state index contributed by atoms with van der Waals surface area (Å²) in [6.07, 6.45) is 14.5. The Hall–Kier alpha value is -3.38. The van der Waals surface area contributed by atoms with E-state index in [1.165, 1.54) is 0 Å². The van der Waals surface area contributed by atoms with E-state index in [4.69, 9.17) is 32.5 Å². The number of nitrogens with zero attached hydrogens (tertiary/aromatic N) is 4. The van der Waals surface area contributed by atoms with Crippen molar-refractivity contribution in [3.63, 3.8) is 0 Å². The Morgan fingerprint density at radius 1 is 1.15 bits per heavy atom. The van der Waals surface area contributed by atoms with E-state index in [0.29, 0.717) is 45.2 Å². The molecule has 0 amide bonds. The molecule has 2 bridgehead atoms. The number of aromatic carboxylic acids is 1. The molecule has 0 aliphatic heterocycles. The quantitative estimate of drug-likeness (QED) is 0.236. The van der Waals surface area contributed by atoms with Gasteiger partial charge in [0.1, 0.15) is 22.7 Å². The van der Waals surface area contributed by atoms with Crippen molar-refractivity contribution in [3.8, 4) is 23.1 Å². The summed E-state index contributed by atoms with van der Waals surface area (Å²) in [5.41, 5.74) is 4.08. The van der Waals surface area contributed by atoms with Crippen molar-refractivity contribution in [2.75, 3.05) is 0 Å². The maximum Gasteiger partial charge on any atom is 0.339 e. The Morgan fingerprint density at radius 2 is 1.85 bits per heavy atom. The number of imidazole rings is 1. The Bertz CT molecular complexity index is 1720. The van der Waals surface area contributed by atoms with Gasteiger partial charge in [0, 0.05) is 41.1 Å². The van der Waals surface area contributed by atoms with Crippen LogP contribution in [0.2, 0.25) is 10.0 Å². The number of hydrogen-bond donors (Lipinski definition) is 1. The smallest absolute Gasteiger partial charge is 0.339 e. The van der Waals surface area contributed by atoms with Gasteiger partial charge in [-0.05, 0) is 75.8 Å². The lowest BCUT2D eigenvalue weighted by atomic mass is 9.59. The van der Waals surface area contributed by atoms with Gasteiger partial charge < -0.3 is 14.4 Å². The molecule has 10 heteroatoms. The third kappa shape index (κ3) is 4.70. The monoisotopic (exact) mass is 590 g/mol. The molecule has 4 aliphatic carbocycles. The minimum Gasteiger partial charge on any atom is -0.478 e. The molecular weight excluding hydrogens is 563 g/mol. The third-order valence-corrected chi connectivity index (χ3v) is 9.56. The van der Waals surface area contributed by atoms with Gasteiger partial charge in [-0.2, -0.15) is 0 Å². The zero-order valence-corrected chi connectivity index (χ0v) is 24.1. The predicted octanol–water partition coefficient (Wildman–Crippen LogP) is 7.24. The first-order chi connectivity index (χ1) is 19.8. The van der Waals surface area contributed by atoms with Crippen molar-refractivity contribution >= 4 is 34.8 Å². The lowest BCUT2D eigenvalue weighted by Crippen LogP contribution is -2.47. The molecule has 4 aliphatic rings. The number of carboxylic acids is 1. The van der Waals surface area contributed by atoms with E-state index in [0.717, 1.165) is 68.3 Å². The van der Waals surface area contributed by atoms with Gasteiger partial charge in [-0.1, -0.05) is 34.3 Å². The third-order valence-electron chi connectivity index (χ3n) is 8.99. The fraction of sp³-hybridized carbons (Fsp3) is 0.419. The summed E-state index contributed by atoms with van der Waals surface area (Å²) >= 11 is 13.0. The molecule has 4 saturated carbocycles. The fourth-order valence-corrected chi connectivity index (χ4v) is 6.96. The number of ether oxygens (including phenoxy) is 1. The van der Waals surface area contributed by atoms with Gasteiger partial charge in [0.15, 0.2) is 5.65 Å². The average molecular weight is 591 g/mol. The van der Waals surface area contributed by atoms with Crippen LogP contribution in [0.15, 0.2) is 35.4 Å². The molecule has 0 atom stereocenters. The molecule has 0 radical (unpaired) electrons. The summed E-state index contributed by atoms with van der Waals surface area (Å²) in [6, 6.07) is 1.64. The van der Waals surface area contributed by atoms with E-state index < -0.39 is 5.97 Å². The second-order valence-corrected chi connectivity index (χ2v) is 12.5. The maximum absolute atomic E-state index is 11.7. The number of pyridine rings is 2. The topological polar surface area (TPSA) is 103 Å². The number of hydrogen-bond acceptors (Lipinski definition) is 6. The van der Waals surface area contributed by atoms with Gasteiger partial charge in [0.05, 0.1) is 28.5 Å². The van der Waals surface area contributed by atoms with E-state index in [-0.39, 0.29) is 16.6 Å². The van der Waals surface area contributed by atoms with Crippen LogP contribution >= 0.6 is 23.2 Å². The minimum atomic E-state index is -0.993. The average Bonchev–Trinajstić information content (AvgIpc) is 3.60. The van der Waals surface area contributed by atoms with Gasteiger partial charge in [-0.3, -0.25) is 9.38 Å². The molecule has 0 unspecified atom stereocenters. The summed E-state index contributed by atoms with van der Waals surface area (Å²) in [5.74, 6) is 7.16. The second kappa shape index (κ2) is 9.87. The van der Waals surface area contributed by atoms with Crippen LogP contribution < -0.4 is 0 Å². The van der Waals surface area contributed by atoms with E-state index in [1.807, 2.05) is 13.1 Å². The van der Waals surface area contributed by atoms with E-state index in [1.54, 1.807) is 29.1 Å². The minimum absolute atomic E-state index is 0.0751. The van der Waals surface area contributed by atoms with Crippen LogP contribution in [0.25, 0.3) is 16.9 Å². The van der Waals surface area contributed by atoms with Gasteiger partial charge >= 0.3 is 5.97 Å². The molecule has 210 valence electrons. The molecule has 4 aromatic rings. The van der Waals surface area contributed by atoms with Gasteiger partial charge in [-0.25, -0.2) is 9.78 Å². The van der Waals surface area contributed by atoms with Crippen molar-refractivity contribution in [1.29, 1.82) is 0 Å². The van der Waals surface area contributed by atoms with E-state index >= 15 is 0 Å². The highest BCUT2D eigenvalue weighted by Gasteiger charge is 2.49. The second-order valence-electron chi connectivity index (χ2n) is 11.7. The first-order valence-corrected chi connectivity index (χ1v) is 14.7. The van der Waals surface area contributed by atoms with E-state index in [9.17, 15) is 9.90 Å². The van der Waals surface area contributed by atoms with Gasteiger partial charge in [0.2, 0.25) is 0 Å². The number of aromatic nitrogens is 4. The molecule has 4 heterocycles. The summed E-state index contributed by atoms with van der Waals surface area (Å²) in [5, 5.41) is 14.8. The van der Waals surface area contributed by atoms with E-state index in [2.05, 4.69) is 27.0 Å². The number of halogens is 2. The van der Waals surface area contributed by atoms with Crippen molar-refractivity contribution < 1.29 is 19.2 Å². The van der Waals surface area contributed by atoms with Crippen LogP contribution in [0, 0.1) is 24.2 Å². The summed E-state index contributed by atoms with van der Waals surface area (Å²) in [6.45, 7) is 2.27. The zero-order chi connectivity index (χ0) is 28.4. The van der Waals surface area contributed by atoms with Crippen LogP contribution in [-0.4, -0.2) is 36.2 Å². The number of carbonyl (C=O) groups is 1. The SMILES string of the molecule is Cc1cc(C(=O)O)c2ncc(C#CC34CCC(OCc5c(-c6c(Cl)cncc6Cl)noc5C5CC5)(CC3)CC4)n2c1. The number of aryl methyl sites for hydroxylation is 1.